The highest BCUT2D eigenvalue weighted by Crippen LogP contribution is 2.22. The zero-order valence-electron chi connectivity index (χ0n) is 10.5. The smallest absolute Gasteiger partial charge is 0.270 e. The molecule has 5 nitrogen and oxygen atoms in total. The fourth-order valence-corrected chi connectivity index (χ4v) is 1.67. The van der Waals surface area contributed by atoms with Crippen LogP contribution in [0.1, 0.15) is 19.4 Å². The molecule has 1 rings (SSSR count). The average Bonchev–Trinajstić information content (AvgIpc) is 2.34. The normalized spacial score (nSPS) is 12.4. The predicted molar refractivity (Wildman–Crippen MR) is 70.9 cm³/mol. The maximum Gasteiger partial charge on any atom is 0.270 e. The number of non-ortho nitro benzene ring substituents is 1. The van der Waals surface area contributed by atoms with Crippen LogP contribution in [0.25, 0.3) is 0 Å². The molecule has 0 aliphatic heterocycles. The second-order valence-electron chi connectivity index (χ2n) is 3.97. The minimum absolute atomic E-state index is 0.00566. The van der Waals surface area contributed by atoms with Gasteiger partial charge in [0.1, 0.15) is 0 Å². The van der Waals surface area contributed by atoms with Crippen LogP contribution in [0.3, 0.4) is 0 Å². The molecule has 1 N–H and O–H groups in total. The van der Waals surface area contributed by atoms with Gasteiger partial charge in [-0.15, -0.1) is 0 Å². The maximum atomic E-state index is 10.6. The zero-order chi connectivity index (χ0) is 13.5. The summed E-state index contributed by atoms with van der Waals surface area (Å²) < 4.78 is 5.28. The van der Waals surface area contributed by atoms with Gasteiger partial charge in [-0.25, -0.2) is 0 Å². The van der Waals surface area contributed by atoms with E-state index in [1.54, 1.807) is 6.07 Å². The molecule has 0 aromatic heterocycles. The lowest BCUT2D eigenvalue weighted by Crippen LogP contribution is -2.30. The van der Waals surface area contributed by atoms with Gasteiger partial charge in [0.05, 0.1) is 16.6 Å². The Kier molecular flexibility index (Phi) is 6.04. The Morgan fingerprint density at radius 3 is 2.83 bits per heavy atom. The summed E-state index contributed by atoms with van der Waals surface area (Å²) in [6.07, 6.45) is 0. The van der Waals surface area contributed by atoms with Gasteiger partial charge in [-0.2, -0.15) is 0 Å². The molecule has 1 aromatic carbocycles. The molecule has 0 saturated heterocycles. The summed E-state index contributed by atoms with van der Waals surface area (Å²) >= 11 is 5.99. The molecule has 6 heteroatoms. The Morgan fingerprint density at radius 1 is 1.56 bits per heavy atom. The van der Waals surface area contributed by atoms with Crippen molar-refractivity contribution in [3.63, 3.8) is 0 Å². The topological polar surface area (TPSA) is 64.4 Å². The van der Waals surface area contributed by atoms with E-state index in [9.17, 15) is 10.1 Å². The Bertz CT molecular complexity index is 412. The highest BCUT2D eigenvalue weighted by molar-refractivity contribution is 6.31. The second-order valence-corrected chi connectivity index (χ2v) is 4.38. The molecule has 1 atom stereocenters. The highest BCUT2D eigenvalue weighted by Gasteiger charge is 2.10. The summed E-state index contributed by atoms with van der Waals surface area (Å²) in [6, 6.07) is 4.69. The molecule has 0 bridgehead atoms. The summed E-state index contributed by atoms with van der Waals surface area (Å²) in [4.78, 5) is 10.1. The predicted octanol–water partition coefficient (Wildman–Crippen LogP) is 2.76. The van der Waals surface area contributed by atoms with Crippen LogP contribution < -0.4 is 5.32 Å². The van der Waals surface area contributed by atoms with Crippen molar-refractivity contribution in [2.45, 2.75) is 26.4 Å². The molecule has 0 fully saturated rings. The molecule has 1 aromatic rings. The summed E-state index contributed by atoms with van der Waals surface area (Å²) in [6.45, 7) is 5.82. The molecule has 0 heterocycles. The van der Waals surface area contributed by atoms with Crippen LogP contribution in [0.2, 0.25) is 5.02 Å². The van der Waals surface area contributed by atoms with Gasteiger partial charge in [-0.05, 0) is 25.5 Å². The van der Waals surface area contributed by atoms with Crippen molar-refractivity contribution in [1.82, 2.24) is 5.32 Å². The van der Waals surface area contributed by atoms with Crippen molar-refractivity contribution in [2.75, 3.05) is 13.2 Å². The largest absolute Gasteiger partial charge is 0.380 e. The van der Waals surface area contributed by atoms with Crippen molar-refractivity contribution in [1.29, 1.82) is 0 Å². The van der Waals surface area contributed by atoms with Crippen molar-refractivity contribution < 1.29 is 9.66 Å². The van der Waals surface area contributed by atoms with E-state index in [0.29, 0.717) is 24.8 Å². The van der Waals surface area contributed by atoms with E-state index in [4.69, 9.17) is 16.3 Å². The van der Waals surface area contributed by atoms with E-state index in [0.717, 1.165) is 5.56 Å². The van der Waals surface area contributed by atoms with Crippen LogP contribution in [-0.2, 0) is 11.3 Å². The van der Waals surface area contributed by atoms with Crippen LogP contribution in [-0.4, -0.2) is 24.2 Å². The molecule has 0 radical (unpaired) electrons. The van der Waals surface area contributed by atoms with E-state index < -0.39 is 4.92 Å². The number of ether oxygens (including phenoxy) is 1. The van der Waals surface area contributed by atoms with E-state index in [1.165, 1.54) is 12.1 Å². The monoisotopic (exact) mass is 272 g/mol. The molecule has 0 spiro atoms. The number of hydrogen-bond acceptors (Lipinski definition) is 4. The molecule has 100 valence electrons. The minimum atomic E-state index is -0.458. The van der Waals surface area contributed by atoms with Gasteiger partial charge in [-0.3, -0.25) is 10.1 Å². The van der Waals surface area contributed by atoms with E-state index >= 15 is 0 Å². The molecule has 0 aliphatic carbocycles. The third kappa shape index (κ3) is 4.60. The second kappa shape index (κ2) is 7.31. The number of nitrogens with one attached hydrogen (secondary N) is 1. The third-order valence-electron chi connectivity index (χ3n) is 2.46. The van der Waals surface area contributed by atoms with E-state index in [2.05, 4.69) is 5.32 Å². The molecule has 0 saturated carbocycles. The number of benzene rings is 1. The Morgan fingerprint density at radius 2 is 2.28 bits per heavy atom. The first kappa shape index (κ1) is 14.9. The Balaban J connectivity index is 2.55. The van der Waals surface area contributed by atoms with Crippen molar-refractivity contribution >= 4 is 17.3 Å². The Hall–Kier alpha value is -1.17. The molecule has 0 amide bonds. The van der Waals surface area contributed by atoms with Crippen molar-refractivity contribution in [3.8, 4) is 0 Å². The zero-order valence-corrected chi connectivity index (χ0v) is 11.2. The lowest BCUT2D eigenvalue weighted by atomic mass is 10.2. The highest BCUT2D eigenvalue weighted by atomic mass is 35.5. The summed E-state index contributed by atoms with van der Waals surface area (Å²) in [5.41, 5.74) is 0.844. The quantitative estimate of drug-likeness (QED) is 0.612. The number of nitro groups is 1. The number of nitrogens with zero attached hydrogens (tertiary/aromatic N) is 1. The van der Waals surface area contributed by atoms with E-state index in [-0.39, 0.29) is 11.7 Å². The summed E-state index contributed by atoms with van der Waals surface area (Å²) in [5.74, 6) is 0. The van der Waals surface area contributed by atoms with Crippen molar-refractivity contribution in [2.24, 2.45) is 0 Å². The van der Waals surface area contributed by atoms with Gasteiger partial charge in [0, 0.05) is 31.3 Å². The SMILES string of the molecule is CCOCC(C)NCc1ccc([N+](=O)[O-])cc1Cl. The fourth-order valence-electron chi connectivity index (χ4n) is 1.43. The molecule has 0 aliphatic rings. The van der Waals surface area contributed by atoms with Crippen LogP contribution in [0.5, 0.6) is 0 Å². The first-order chi connectivity index (χ1) is 8.54. The lowest BCUT2D eigenvalue weighted by Gasteiger charge is -2.14. The molecular weight excluding hydrogens is 256 g/mol. The first-order valence-electron chi connectivity index (χ1n) is 5.78. The number of rotatable bonds is 7. The lowest BCUT2D eigenvalue weighted by molar-refractivity contribution is -0.384. The summed E-state index contributed by atoms with van der Waals surface area (Å²) in [5, 5.41) is 14.2. The van der Waals surface area contributed by atoms with Crippen LogP contribution >= 0.6 is 11.6 Å². The van der Waals surface area contributed by atoms with E-state index in [1.807, 2.05) is 13.8 Å². The first-order valence-corrected chi connectivity index (χ1v) is 6.16. The molecular formula is C12H17ClN2O3. The van der Waals surface area contributed by atoms with Gasteiger partial charge in [-0.1, -0.05) is 11.6 Å². The average molecular weight is 273 g/mol. The van der Waals surface area contributed by atoms with Gasteiger partial charge in [0.25, 0.3) is 5.69 Å². The van der Waals surface area contributed by atoms with Gasteiger partial charge < -0.3 is 10.1 Å². The third-order valence-corrected chi connectivity index (χ3v) is 2.81. The van der Waals surface area contributed by atoms with Gasteiger partial charge >= 0.3 is 0 Å². The number of halogens is 1. The standard InChI is InChI=1S/C12H17ClN2O3/c1-3-18-8-9(2)14-7-10-4-5-11(15(16)17)6-12(10)13/h4-6,9,14H,3,7-8H2,1-2H3. The number of nitro benzene ring substituents is 1. The van der Waals surface area contributed by atoms with Gasteiger partial charge in [0.2, 0.25) is 0 Å². The van der Waals surface area contributed by atoms with Crippen LogP contribution in [0.15, 0.2) is 18.2 Å². The van der Waals surface area contributed by atoms with Crippen LogP contribution in [0.4, 0.5) is 5.69 Å². The number of hydrogen-bond donors (Lipinski definition) is 1. The van der Waals surface area contributed by atoms with Gasteiger partial charge in [0.15, 0.2) is 0 Å². The Labute approximate surface area is 111 Å². The molecule has 18 heavy (non-hydrogen) atoms. The maximum absolute atomic E-state index is 10.6. The van der Waals surface area contributed by atoms with Crippen LogP contribution in [0, 0.1) is 10.1 Å². The molecule has 1 unspecified atom stereocenters. The fraction of sp³-hybridized carbons (Fsp3) is 0.500. The minimum Gasteiger partial charge on any atom is -0.380 e. The van der Waals surface area contributed by atoms with Crippen molar-refractivity contribution in [3.05, 3.63) is 38.9 Å². The summed E-state index contributed by atoms with van der Waals surface area (Å²) in [7, 11) is 0.